The van der Waals surface area contributed by atoms with Gasteiger partial charge < -0.3 is 14.1 Å². The summed E-state index contributed by atoms with van der Waals surface area (Å²) in [5, 5.41) is 10.5. The molecule has 0 saturated carbocycles. The van der Waals surface area contributed by atoms with E-state index in [1.54, 1.807) is 6.07 Å². The monoisotopic (exact) mass is 410 g/mol. The summed E-state index contributed by atoms with van der Waals surface area (Å²) in [6.07, 6.45) is 0. The van der Waals surface area contributed by atoms with Crippen LogP contribution < -0.4 is 0 Å². The summed E-state index contributed by atoms with van der Waals surface area (Å²) in [5.74, 6) is 0.348. The average Bonchev–Trinajstić information content (AvgIpc) is 3.16. The predicted octanol–water partition coefficient (Wildman–Crippen LogP) is 3.24. The van der Waals surface area contributed by atoms with E-state index in [4.69, 9.17) is 20.8 Å². The topological polar surface area (TPSA) is 103 Å². The van der Waals surface area contributed by atoms with Gasteiger partial charge in [0.1, 0.15) is 11.0 Å². The van der Waals surface area contributed by atoms with Crippen molar-refractivity contribution in [1.82, 2.24) is 4.90 Å². The number of methoxy groups -OCH3 is 1. The highest BCUT2D eigenvalue weighted by molar-refractivity contribution is 8.00. The first kappa shape index (κ1) is 19.2. The fourth-order valence-corrected chi connectivity index (χ4v) is 4.07. The molecular formula is C17H15ClN2O6S. The van der Waals surface area contributed by atoms with Crippen LogP contribution in [0.3, 0.4) is 0 Å². The minimum atomic E-state index is -0.543. The fourth-order valence-electron chi connectivity index (χ4n) is 2.68. The van der Waals surface area contributed by atoms with Gasteiger partial charge in [0.05, 0.1) is 17.1 Å². The van der Waals surface area contributed by atoms with E-state index in [9.17, 15) is 19.7 Å². The molecule has 3 rings (SSSR count). The molecule has 2 heterocycles. The molecule has 0 spiro atoms. The van der Waals surface area contributed by atoms with Crippen LogP contribution in [0.15, 0.2) is 34.7 Å². The van der Waals surface area contributed by atoms with Crippen LogP contribution in [-0.2, 0) is 9.53 Å². The molecule has 1 saturated heterocycles. The van der Waals surface area contributed by atoms with Gasteiger partial charge in [0.2, 0.25) is 0 Å². The van der Waals surface area contributed by atoms with E-state index in [1.165, 1.54) is 48.0 Å². The molecule has 1 aliphatic heterocycles. The first-order valence-electron chi connectivity index (χ1n) is 7.93. The fraction of sp³-hybridized carbons (Fsp3) is 0.294. The lowest BCUT2D eigenvalue weighted by Gasteiger charge is -2.30. The van der Waals surface area contributed by atoms with Gasteiger partial charge in [0, 0.05) is 36.5 Å². The first-order chi connectivity index (χ1) is 12.9. The third kappa shape index (κ3) is 4.09. The maximum Gasteiger partial charge on any atom is 0.320 e. The number of ether oxygens (including phenoxy) is 1. The van der Waals surface area contributed by atoms with E-state index >= 15 is 0 Å². The summed E-state index contributed by atoms with van der Waals surface area (Å²) < 4.78 is 10.4. The van der Waals surface area contributed by atoms with Crippen molar-refractivity contribution < 1.29 is 23.7 Å². The number of nitro groups is 1. The van der Waals surface area contributed by atoms with Crippen molar-refractivity contribution in [3.63, 3.8) is 0 Å². The van der Waals surface area contributed by atoms with Crippen molar-refractivity contribution in [2.75, 3.05) is 26.0 Å². The molecule has 0 unspecified atom stereocenters. The number of furan rings is 1. The van der Waals surface area contributed by atoms with Crippen LogP contribution >= 0.6 is 23.4 Å². The number of non-ortho nitro benzene ring substituents is 1. The number of carbonyl (C=O) groups excluding carboxylic acids is 2. The molecule has 27 heavy (non-hydrogen) atoms. The average molecular weight is 411 g/mol. The number of hydrogen-bond donors (Lipinski definition) is 0. The number of halogens is 1. The molecule has 2 aromatic rings. The summed E-state index contributed by atoms with van der Waals surface area (Å²) in [4.78, 5) is 36.2. The number of amides is 1. The molecule has 0 N–H and O–H groups in total. The maximum absolute atomic E-state index is 12.7. The number of carbonyl (C=O) groups is 2. The molecule has 1 aromatic carbocycles. The zero-order chi connectivity index (χ0) is 19.6. The zero-order valence-corrected chi connectivity index (χ0v) is 15.8. The number of nitro benzene ring substituents is 1. The number of thioether (sulfide) groups is 1. The molecule has 1 fully saturated rings. The predicted molar refractivity (Wildman–Crippen MR) is 100.0 cm³/mol. The van der Waals surface area contributed by atoms with Crippen LogP contribution in [0.5, 0.6) is 0 Å². The summed E-state index contributed by atoms with van der Waals surface area (Å²) in [6, 6.07) is 7.11. The molecule has 0 aliphatic carbocycles. The Morgan fingerprint density at radius 2 is 2.15 bits per heavy atom. The second-order valence-corrected chi connectivity index (χ2v) is 7.44. The van der Waals surface area contributed by atoms with Gasteiger partial charge in [-0.2, -0.15) is 0 Å². The van der Waals surface area contributed by atoms with Gasteiger partial charge in [0.15, 0.2) is 5.76 Å². The molecule has 10 heteroatoms. The normalized spacial score (nSPS) is 16.8. The highest BCUT2D eigenvalue weighted by Gasteiger charge is 2.31. The molecule has 142 valence electrons. The van der Waals surface area contributed by atoms with Crippen molar-refractivity contribution in [1.29, 1.82) is 0 Å². The first-order valence-corrected chi connectivity index (χ1v) is 9.36. The summed E-state index contributed by atoms with van der Waals surface area (Å²) in [6.45, 7) is 0.732. The largest absolute Gasteiger partial charge is 0.468 e. The van der Waals surface area contributed by atoms with Crippen LogP contribution in [0.4, 0.5) is 5.69 Å². The zero-order valence-electron chi connectivity index (χ0n) is 14.2. The minimum Gasteiger partial charge on any atom is -0.468 e. The Kier molecular flexibility index (Phi) is 5.71. The Balaban J connectivity index is 1.78. The highest BCUT2D eigenvalue weighted by atomic mass is 35.5. The van der Waals surface area contributed by atoms with Crippen LogP contribution in [0.1, 0.15) is 10.6 Å². The number of benzene rings is 1. The second kappa shape index (κ2) is 8.01. The SMILES string of the molecule is COC(=O)[C@@H]1CN(C(=O)c2ccc(-c3ccc([N+](=O)[O-])cc3Cl)o2)CCS1. The summed E-state index contributed by atoms with van der Waals surface area (Å²) >= 11 is 7.55. The Bertz CT molecular complexity index is 899. The van der Waals surface area contributed by atoms with Crippen LogP contribution in [-0.4, -0.2) is 52.9 Å². The maximum atomic E-state index is 12.7. The third-order valence-electron chi connectivity index (χ3n) is 4.06. The molecule has 8 nitrogen and oxygen atoms in total. The lowest BCUT2D eigenvalue weighted by Crippen LogP contribution is -2.44. The van der Waals surface area contributed by atoms with E-state index < -0.39 is 10.2 Å². The van der Waals surface area contributed by atoms with Crippen molar-refractivity contribution in [2.24, 2.45) is 0 Å². The van der Waals surface area contributed by atoms with Gasteiger partial charge in [-0.15, -0.1) is 11.8 Å². The van der Waals surface area contributed by atoms with Gasteiger partial charge >= 0.3 is 5.97 Å². The van der Waals surface area contributed by atoms with E-state index in [1.807, 2.05) is 0 Å². The van der Waals surface area contributed by atoms with Crippen LogP contribution in [0.25, 0.3) is 11.3 Å². The molecule has 1 aliphatic rings. The number of nitrogens with zero attached hydrogens (tertiary/aromatic N) is 2. The molecule has 0 bridgehead atoms. The van der Waals surface area contributed by atoms with Crippen molar-refractivity contribution in [3.05, 3.63) is 51.2 Å². The second-order valence-electron chi connectivity index (χ2n) is 5.72. The van der Waals surface area contributed by atoms with Crippen LogP contribution in [0, 0.1) is 10.1 Å². The smallest absolute Gasteiger partial charge is 0.320 e. The lowest BCUT2D eigenvalue weighted by molar-refractivity contribution is -0.384. The van der Waals surface area contributed by atoms with E-state index in [0.717, 1.165) is 0 Å². The molecule has 1 aromatic heterocycles. The van der Waals surface area contributed by atoms with Gasteiger partial charge in [-0.1, -0.05) is 11.6 Å². The Morgan fingerprint density at radius 1 is 1.37 bits per heavy atom. The molecule has 1 amide bonds. The Labute approximate surface area is 163 Å². The van der Waals surface area contributed by atoms with Gasteiger partial charge in [-0.25, -0.2) is 0 Å². The third-order valence-corrected chi connectivity index (χ3v) is 5.54. The summed E-state index contributed by atoms with van der Waals surface area (Å²) in [5.41, 5.74) is 0.314. The Hall–Kier alpha value is -2.52. The molecular weight excluding hydrogens is 396 g/mol. The van der Waals surface area contributed by atoms with Crippen molar-refractivity contribution in [2.45, 2.75) is 5.25 Å². The van der Waals surface area contributed by atoms with Gasteiger partial charge in [0.25, 0.3) is 11.6 Å². The van der Waals surface area contributed by atoms with Crippen molar-refractivity contribution >= 4 is 40.9 Å². The van der Waals surface area contributed by atoms with E-state index in [0.29, 0.717) is 23.6 Å². The lowest BCUT2D eigenvalue weighted by atomic mass is 10.1. The summed E-state index contributed by atoms with van der Waals surface area (Å²) in [7, 11) is 1.32. The van der Waals surface area contributed by atoms with E-state index in [2.05, 4.69) is 0 Å². The number of rotatable bonds is 4. The standard InChI is InChI=1S/C17H15ClN2O6S/c1-25-17(22)15-9-19(6-7-27-15)16(21)14-5-4-13(26-14)11-3-2-10(20(23)24)8-12(11)18/h2-5,8,15H,6-7,9H2,1H3/t15-/m0/s1. The Morgan fingerprint density at radius 3 is 2.81 bits per heavy atom. The minimum absolute atomic E-state index is 0.106. The van der Waals surface area contributed by atoms with E-state index in [-0.39, 0.29) is 34.9 Å². The number of esters is 1. The highest BCUT2D eigenvalue weighted by Crippen LogP contribution is 2.32. The quantitative estimate of drug-likeness (QED) is 0.433. The van der Waals surface area contributed by atoms with Gasteiger partial charge in [-0.3, -0.25) is 19.7 Å². The van der Waals surface area contributed by atoms with Crippen molar-refractivity contribution in [3.8, 4) is 11.3 Å². The molecule has 1 atom stereocenters. The van der Waals surface area contributed by atoms with Crippen LogP contribution in [0.2, 0.25) is 5.02 Å². The number of hydrogen-bond acceptors (Lipinski definition) is 7. The molecule has 0 radical (unpaired) electrons. The van der Waals surface area contributed by atoms with Gasteiger partial charge in [-0.05, 0) is 18.2 Å².